The minimum atomic E-state index is 0.0704. The van der Waals surface area contributed by atoms with Crippen LogP contribution in [0.4, 0.5) is 0 Å². The number of hydrogen-bond acceptors (Lipinski definition) is 2. The van der Waals surface area contributed by atoms with Crippen LogP contribution >= 0.6 is 11.8 Å². The Morgan fingerprint density at radius 2 is 1.27 bits per heavy atom. The molecule has 0 N–H and O–H groups in total. The molecule has 0 fully saturated rings. The van der Waals surface area contributed by atoms with Gasteiger partial charge in [0, 0.05) is 36.9 Å². The van der Waals surface area contributed by atoms with Crippen molar-refractivity contribution in [2.75, 3.05) is 0 Å². The van der Waals surface area contributed by atoms with E-state index in [0.29, 0.717) is 5.56 Å². The molecule has 2 aliphatic rings. The van der Waals surface area contributed by atoms with Crippen LogP contribution in [-0.4, -0.2) is 13.9 Å². The van der Waals surface area contributed by atoms with Gasteiger partial charge in [-0.2, -0.15) is 5.26 Å². The lowest BCUT2D eigenvalue weighted by atomic mass is 9.87. The lowest BCUT2D eigenvalue weighted by molar-refractivity contribution is 0.829. The van der Waals surface area contributed by atoms with E-state index in [1.807, 2.05) is 36.0 Å². The SMILES string of the molecule is CC12CC=CC=C1c1cccc(-n3c4ccccc4c4cc(-c5ccc6c(c5)c5ccccc5n6-c5ccc(C#N)cc5)ccc43)c1S2. The van der Waals surface area contributed by atoms with Gasteiger partial charge in [0.2, 0.25) is 0 Å². The number of nitriles is 1. The largest absolute Gasteiger partial charge is 0.309 e. The van der Waals surface area contributed by atoms with Crippen molar-refractivity contribution < 1.29 is 0 Å². The van der Waals surface area contributed by atoms with Gasteiger partial charge in [-0.15, -0.1) is 11.8 Å². The average Bonchev–Trinajstić information content (AvgIpc) is 3.76. The van der Waals surface area contributed by atoms with Crippen LogP contribution in [0, 0.1) is 11.3 Å². The molecule has 10 rings (SSSR count). The van der Waals surface area contributed by atoms with Gasteiger partial charge in [0.05, 0.1) is 39.4 Å². The maximum Gasteiger partial charge on any atom is 0.0991 e. The summed E-state index contributed by atoms with van der Waals surface area (Å²) in [5, 5.41) is 14.3. The highest BCUT2D eigenvalue weighted by Gasteiger charge is 2.40. The zero-order valence-electron chi connectivity index (χ0n) is 26.3. The van der Waals surface area contributed by atoms with Crippen molar-refractivity contribution in [2.24, 2.45) is 0 Å². The van der Waals surface area contributed by atoms with Crippen LogP contribution in [0.3, 0.4) is 0 Å². The van der Waals surface area contributed by atoms with Crippen LogP contribution in [0.2, 0.25) is 0 Å². The predicted molar refractivity (Wildman–Crippen MR) is 201 cm³/mol. The van der Waals surface area contributed by atoms with Crippen molar-refractivity contribution in [2.45, 2.75) is 23.0 Å². The van der Waals surface area contributed by atoms with E-state index in [-0.39, 0.29) is 4.75 Å². The van der Waals surface area contributed by atoms with Crippen molar-refractivity contribution in [3.8, 4) is 28.6 Å². The zero-order valence-corrected chi connectivity index (χ0v) is 27.1. The van der Waals surface area contributed by atoms with Crippen LogP contribution < -0.4 is 0 Å². The van der Waals surface area contributed by atoms with Gasteiger partial charge in [-0.25, -0.2) is 0 Å². The first kappa shape index (κ1) is 27.4. The molecular weight excluding hydrogens is 603 g/mol. The van der Waals surface area contributed by atoms with Gasteiger partial charge in [-0.1, -0.05) is 78.9 Å². The van der Waals surface area contributed by atoms with Gasteiger partial charge in [0.15, 0.2) is 0 Å². The highest BCUT2D eigenvalue weighted by Crippen LogP contribution is 2.57. The maximum atomic E-state index is 9.35. The summed E-state index contributed by atoms with van der Waals surface area (Å²) < 4.78 is 4.84. The Hall–Kier alpha value is -5.76. The average molecular weight is 632 g/mol. The third kappa shape index (κ3) is 3.83. The minimum Gasteiger partial charge on any atom is -0.309 e. The van der Waals surface area contributed by atoms with Crippen molar-refractivity contribution in [1.82, 2.24) is 9.13 Å². The first-order valence-electron chi connectivity index (χ1n) is 16.4. The summed E-state index contributed by atoms with van der Waals surface area (Å²) in [5.41, 5.74) is 12.9. The van der Waals surface area contributed by atoms with Crippen molar-refractivity contribution in [3.05, 3.63) is 157 Å². The summed E-state index contributed by atoms with van der Waals surface area (Å²) in [5.74, 6) is 0. The molecule has 0 saturated heterocycles. The van der Waals surface area contributed by atoms with E-state index < -0.39 is 0 Å². The number of allylic oxidation sites excluding steroid dienone is 3. The molecule has 0 bridgehead atoms. The van der Waals surface area contributed by atoms with E-state index in [1.165, 1.54) is 65.4 Å². The normalized spacial score (nSPS) is 16.8. The van der Waals surface area contributed by atoms with Gasteiger partial charge in [0.25, 0.3) is 0 Å². The molecule has 1 atom stereocenters. The molecule has 1 aliphatic heterocycles. The standard InChI is InChI=1S/C44H29N3S/c1-44-24-7-6-12-37(44)34-11-8-15-42(43(34)48-44)47-39-14-5-3-10-33(39)36-26-30(19-23-41(36)47)29-18-22-40-35(25-29)32-9-2-4-13-38(32)46(40)31-20-16-28(27-45)17-21-31/h2-23,25-26H,24H2,1H3. The fraction of sp³-hybridized carbons (Fsp3) is 0.0682. The molecule has 0 spiro atoms. The van der Waals surface area contributed by atoms with Crippen LogP contribution in [0.5, 0.6) is 0 Å². The second kappa shape index (κ2) is 10.1. The van der Waals surface area contributed by atoms with E-state index in [1.54, 1.807) is 0 Å². The van der Waals surface area contributed by atoms with E-state index in [2.05, 4.69) is 143 Å². The molecule has 6 aromatic carbocycles. The van der Waals surface area contributed by atoms with Crippen molar-refractivity contribution in [3.63, 3.8) is 0 Å². The lowest BCUT2D eigenvalue weighted by Crippen LogP contribution is -2.18. The molecule has 0 radical (unpaired) electrons. The van der Waals surface area contributed by atoms with Gasteiger partial charge >= 0.3 is 0 Å². The second-order valence-electron chi connectivity index (χ2n) is 13.0. The summed E-state index contributed by atoms with van der Waals surface area (Å²) >= 11 is 2.01. The Bertz CT molecular complexity index is 2750. The first-order valence-corrected chi connectivity index (χ1v) is 17.2. The third-order valence-electron chi connectivity index (χ3n) is 10.3. The second-order valence-corrected chi connectivity index (χ2v) is 14.5. The highest BCUT2D eigenvalue weighted by molar-refractivity contribution is 8.01. The predicted octanol–water partition coefficient (Wildman–Crippen LogP) is 11.6. The molecule has 8 aromatic rings. The Balaban J connectivity index is 1.15. The topological polar surface area (TPSA) is 33.6 Å². The Morgan fingerprint density at radius 3 is 1.96 bits per heavy atom. The van der Waals surface area contributed by atoms with Crippen LogP contribution in [-0.2, 0) is 0 Å². The smallest absolute Gasteiger partial charge is 0.0991 e. The molecule has 226 valence electrons. The van der Waals surface area contributed by atoms with E-state index in [9.17, 15) is 5.26 Å². The molecule has 3 heterocycles. The van der Waals surface area contributed by atoms with Crippen LogP contribution in [0.25, 0.3) is 71.7 Å². The van der Waals surface area contributed by atoms with E-state index in [4.69, 9.17) is 0 Å². The molecule has 1 aliphatic carbocycles. The van der Waals surface area contributed by atoms with Crippen molar-refractivity contribution in [1.29, 1.82) is 5.26 Å². The number of nitrogens with zero attached hydrogens (tertiary/aromatic N) is 3. The monoisotopic (exact) mass is 631 g/mol. The Labute approximate surface area is 282 Å². The fourth-order valence-corrected chi connectivity index (χ4v) is 9.46. The number of rotatable bonds is 3. The number of fused-ring (bicyclic) bond motifs is 9. The van der Waals surface area contributed by atoms with Gasteiger partial charge in [0.1, 0.15) is 0 Å². The van der Waals surface area contributed by atoms with Gasteiger partial charge in [-0.3, -0.25) is 0 Å². The molecule has 4 heteroatoms. The number of benzene rings is 6. The quantitative estimate of drug-likeness (QED) is 0.194. The number of para-hydroxylation sites is 2. The number of aromatic nitrogens is 2. The summed E-state index contributed by atoms with van der Waals surface area (Å²) in [6.45, 7) is 2.38. The molecule has 1 unspecified atom stereocenters. The lowest BCUT2D eigenvalue weighted by Gasteiger charge is -2.25. The highest BCUT2D eigenvalue weighted by atomic mass is 32.2. The van der Waals surface area contributed by atoms with E-state index in [0.717, 1.165) is 23.1 Å². The maximum absolute atomic E-state index is 9.35. The summed E-state index contributed by atoms with van der Waals surface area (Å²) in [6, 6.07) is 48.1. The zero-order chi connectivity index (χ0) is 32.0. The Kier molecular flexibility index (Phi) is 5.77. The summed E-state index contributed by atoms with van der Waals surface area (Å²) in [6.07, 6.45) is 7.86. The molecule has 0 saturated carbocycles. The summed E-state index contributed by atoms with van der Waals surface area (Å²) in [7, 11) is 0. The molecular formula is C44H29N3S. The van der Waals surface area contributed by atoms with Crippen molar-refractivity contribution >= 4 is 60.9 Å². The molecule has 48 heavy (non-hydrogen) atoms. The van der Waals surface area contributed by atoms with Gasteiger partial charge < -0.3 is 9.13 Å². The third-order valence-corrected chi connectivity index (χ3v) is 11.7. The molecule has 3 nitrogen and oxygen atoms in total. The first-order chi connectivity index (χ1) is 23.6. The Morgan fingerprint density at radius 1 is 0.646 bits per heavy atom. The van der Waals surface area contributed by atoms with Gasteiger partial charge in [-0.05, 0) is 102 Å². The molecule has 2 aromatic heterocycles. The number of hydrogen-bond donors (Lipinski definition) is 0. The van der Waals surface area contributed by atoms with Crippen LogP contribution in [0.1, 0.15) is 24.5 Å². The molecule has 0 amide bonds. The fourth-order valence-electron chi connectivity index (χ4n) is 7.99. The number of thioether (sulfide) groups is 1. The van der Waals surface area contributed by atoms with E-state index >= 15 is 0 Å². The minimum absolute atomic E-state index is 0.0704. The summed E-state index contributed by atoms with van der Waals surface area (Å²) in [4.78, 5) is 1.37. The van der Waals surface area contributed by atoms with Crippen LogP contribution in [0.15, 0.2) is 151 Å².